The molecule has 4 heteroatoms. The van der Waals surface area contributed by atoms with Gasteiger partial charge in [-0.15, -0.1) is 0 Å². The fourth-order valence-corrected chi connectivity index (χ4v) is 1.50. The summed E-state index contributed by atoms with van der Waals surface area (Å²) in [7, 11) is 1.81. The molecule has 0 unspecified atom stereocenters. The molecule has 1 amide bonds. The molecule has 0 heterocycles. The largest absolute Gasteiger partial charge is 0.396 e. The lowest BCUT2D eigenvalue weighted by molar-refractivity contribution is -0.131. The minimum atomic E-state index is -0.473. The number of aliphatic hydroxyl groups excluding tert-OH is 1. The highest BCUT2D eigenvalue weighted by Crippen LogP contribution is 2.18. The molecule has 0 aliphatic rings. The molecular weight excluding hydrogens is 246 g/mol. The topological polar surface area (TPSA) is 40.5 Å². The molecule has 0 spiro atoms. The van der Waals surface area contributed by atoms with Gasteiger partial charge in [-0.2, -0.15) is 0 Å². The van der Waals surface area contributed by atoms with E-state index >= 15 is 0 Å². The van der Waals surface area contributed by atoms with E-state index in [-0.39, 0.29) is 12.5 Å². The van der Waals surface area contributed by atoms with Crippen LogP contribution < -0.4 is 0 Å². The molecule has 0 fully saturated rings. The van der Waals surface area contributed by atoms with Gasteiger partial charge in [-0.1, -0.05) is 15.9 Å². The third-order valence-electron chi connectivity index (χ3n) is 2.01. The Labute approximate surface area is 94.6 Å². The van der Waals surface area contributed by atoms with Crippen LogP contribution in [0.15, 0.2) is 0 Å². The first-order valence-corrected chi connectivity index (χ1v) is 5.74. The summed E-state index contributed by atoms with van der Waals surface area (Å²) < 4.78 is -0.473. The van der Waals surface area contributed by atoms with Crippen LogP contribution in [0.3, 0.4) is 0 Å². The zero-order valence-electron chi connectivity index (χ0n) is 9.22. The van der Waals surface area contributed by atoms with Gasteiger partial charge in [0.1, 0.15) is 0 Å². The highest BCUT2D eigenvalue weighted by Gasteiger charge is 2.26. The van der Waals surface area contributed by atoms with Crippen LogP contribution in [0.4, 0.5) is 0 Å². The molecule has 0 atom stereocenters. The molecule has 1 N–H and O–H groups in total. The second-order valence-corrected chi connectivity index (χ2v) is 5.97. The number of rotatable bonds is 6. The van der Waals surface area contributed by atoms with Gasteiger partial charge in [-0.25, -0.2) is 0 Å². The van der Waals surface area contributed by atoms with Crippen molar-refractivity contribution in [3.63, 3.8) is 0 Å². The Morgan fingerprint density at radius 3 is 2.36 bits per heavy atom. The quantitative estimate of drug-likeness (QED) is 0.588. The van der Waals surface area contributed by atoms with Gasteiger partial charge in [-0.3, -0.25) is 4.79 Å². The lowest BCUT2D eigenvalue weighted by Gasteiger charge is -2.24. The van der Waals surface area contributed by atoms with E-state index in [0.29, 0.717) is 0 Å². The van der Waals surface area contributed by atoms with Crippen molar-refractivity contribution in [2.75, 3.05) is 20.2 Å². The van der Waals surface area contributed by atoms with Gasteiger partial charge in [0.2, 0.25) is 5.91 Å². The third-order valence-corrected chi connectivity index (χ3v) is 2.35. The number of nitrogens with zero attached hydrogens (tertiary/aromatic N) is 1. The number of hydrogen-bond acceptors (Lipinski definition) is 2. The van der Waals surface area contributed by atoms with Crippen molar-refractivity contribution in [3.05, 3.63) is 0 Å². The number of hydrogen-bond donors (Lipinski definition) is 1. The van der Waals surface area contributed by atoms with Gasteiger partial charge in [0.15, 0.2) is 0 Å². The van der Waals surface area contributed by atoms with E-state index in [2.05, 4.69) is 15.9 Å². The summed E-state index contributed by atoms with van der Waals surface area (Å²) in [5.74, 6) is 0.0986. The summed E-state index contributed by atoms with van der Waals surface area (Å²) in [5, 5.41) is 8.58. The first-order valence-electron chi connectivity index (χ1n) is 4.95. The van der Waals surface area contributed by atoms with Crippen molar-refractivity contribution in [2.24, 2.45) is 0 Å². The molecule has 0 aromatic rings. The van der Waals surface area contributed by atoms with Crippen molar-refractivity contribution >= 4 is 21.8 Å². The van der Waals surface area contributed by atoms with E-state index in [1.165, 1.54) is 0 Å². The van der Waals surface area contributed by atoms with Crippen LogP contribution in [0.1, 0.15) is 33.1 Å². The van der Waals surface area contributed by atoms with E-state index in [0.717, 1.165) is 25.8 Å². The molecule has 0 aromatic carbocycles. The van der Waals surface area contributed by atoms with Gasteiger partial charge in [0.25, 0.3) is 0 Å². The number of carbonyl (C=O) groups excluding carboxylic acids is 1. The number of aliphatic hydroxyl groups is 1. The molecule has 0 rings (SSSR count). The normalized spacial score (nSPS) is 11.5. The van der Waals surface area contributed by atoms with Crippen molar-refractivity contribution in [3.8, 4) is 0 Å². The van der Waals surface area contributed by atoms with Crippen LogP contribution in [-0.4, -0.2) is 40.4 Å². The Balaban J connectivity index is 3.74. The molecule has 0 aromatic heterocycles. The Morgan fingerprint density at radius 1 is 1.36 bits per heavy atom. The average Bonchev–Trinajstić information content (AvgIpc) is 2.09. The second kappa shape index (κ2) is 6.40. The minimum absolute atomic E-state index is 0.0986. The van der Waals surface area contributed by atoms with E-state index in [4.69, 9.17) is 5.11 Å². The van der Waals surface area contributed by atoms with Crippen LogP contribution in [0.25, 0.3) is 0 Å². The van der Waals surface area contributed by atoms with Gasteiger partial charge < -0.3 is 10.0 Å². The summed E-state index contributed by atoms with van der Waals surface area (Å²) in [5.41, 5.74) is 0. The first kappa shape index (κ1) is 13.9. The number of amides is 1. The van der Waals surface area contributed by atoms with Gasteiger partial charge in [0, 0.05) is 20.2 Å². The molecule has 14 heavy (non-hydrogen) atoms. The SMILES string of the molecule is CN(CCCCCO)C(=O)C(C)(C)Br. The molecule has 0 saturated carbocycles. The highest BCUT2D eigenvalue weighted by molar-refractivity contribution is 9.10. The van der Waals surface area contributed by atoms with E-state index in [1.807, 2.05) is 20.9 Å². The fraction of sp³-hybridized carbons (Fsp3) is 0.900. The lowest BCUT2D eigenvalue weighted by atomic mass is 10.1. The molecule has 0 saturated heterocycles. The molecular formula is C10H20BrNO2. The Kier molecular flexibility index (Phi) is 6.36. The maximum absolute atomic E-state index is 11.7. The van der Waals surface area contributed by atoms with E-state index in [1.54, 1.807) is 4.90 Å². The Morgan fingerprint density at radius 2 is 1.93 bits per heavy atom. The van der Waals surface area contributed by atoms with Crippen LogP contribution in [-0.2, 0) is 4.79 Å². The number of unbranched alkanes of at least 4 members (excludes halogenated alkanes) is 2. The van der Waals surface area contributed by atoms with Crippen molar-refractivity contribution in [2.45, 2.75) is 37.4 Å². The fourth-order valence-electron chi connectivity index (χ4n) is 1.19. The third kappa shape index (κ3) is 5.60. The highest BCUT2D eigenvalue weighted by atomic mass is 79.9. The van der Waals surface area contributed by atoms with Gasteiger partial charge in [-0.05, 0) is 33.1 Å². The smallest absolute Gasteiger partial charge is 0.238 e. The maximum atomic E-state index is 11.7. The lowest BCUT2D eigenvalue weighted by Crippen LogP contribution is -2.39. The van der Waals surface area contributed by atoms with Gasteiger partial charge in [0.05, 0.1) is 4.32 Å². The molecule has 3 nitrogen and oxygen atoms in total. The second-order valence-electron chi connectivity index (χ2n) is 3.98. The van der Waals surface area contributed by atoms with Crippen LogP contribution in [0.5, 0.6) is 0 Å². The summed E-state index contributed by atoms with van der Waals surface area (Å²) in [6, 6.07) is 0. The van der Waals surface area contributed by atoms with Crippen molar-refractivity contribution < 1.29 is 9.90 Å². The molecule has 84 valence electrons. The molecule has 0 aliphatic carbocycles. The Hall–Kier alpha value is -0.0900. The predicted molar refractivity (Wildman–Crippen MR) is 61.6 cm³/mol. The summed E-state index contributed by atoms with van der Waals surface area (Å²) in [6.07, 6.45) is 2.74. The average molecular weight is 266 g/mol. The maximum Gasteiger partial charge on any atom is 0.238 e. The molecule has 0 radical (unpaired) electrons. The predicted octanol–water partition coefficient (Wildman–Crippen LogP) is 1.78. The van der Waals surface area contributed by atoms with E-state index in [9.17, 15) is 4.79 Å². The van der Waals surface area contributed by atoms with Gasteiger partial charge >= 0.3 is 0 Å². The van der Waals surface area contributed by atoms with Crippen molar-refractivity contribution in [1.29, 1.82) is 0 Å². The van der Waals surface area contributed by atoms with Crippen LogP contribution >= 0.6 is 15.9 Å². The van der Waals surface area contributed by atoms with Crippen LogP contribution in [0, 0.1) is 0 Å². The van der Waals surface area contributed by atoms with E-state index < -0.39 is 4.32 Å². The summed E-state index contributed by atoms with van der Waals surface area (Å²) in [4.78, 5) is 13.4. The summed E-state index contributed by atoms with van der Waals surface area (Å²) in [6.45, 7) is 4.69. The number of alkyl halides is 1. The summed E-state index contributed by atoms with van der Waals surface area (Å²) >= 11 is 3.34. The minimum Gasteiger partial charge on any atom is -0.396 e. The Bertz CT molecular complexity index is 177. The molecule has 0 aliphatic heterocycles. The van der Waals surface area contributed by atoms with Crippen molar-refractivity contribution in [1.82, 2.24) is 4.90 Å². The molecule has 0 bridgehead atoms. The first-order chi connectivity index (χ1) is 6.39. The number of halogens is 1. The zero-order valence-corrected chi connectivity index (χ0v) is 10.8. The zero-order chi connectivity index (χ0) is 11.2. The standard InChI is InChI=1S/C10H20BrNO2/c1-10(2,11)9(14)12(3)7-5-4-6-8-13/h13H,4-8H2,1-3H3. The number of carbonyl (C=O) groups is 1. The van der Waals surface area contributed by atoms with Crippen LogP contribution in [0.2, 0.25) is 0 Å². The monoisotopic (exact) mass is 265 g/mol.